The van der Waals surface area contributed by atoms with Crippen LogP contribution in [-0.2, 0) is 17.3 Å². The Morgan fingerprint density at radius 1 is 1.50 bits per heavy atom. The molecule has 0 aliphatic carbocycles. The van der Waals surface area contributed by atoms with E-state index in [4.69, 9.17) is 16.3 Å². The van der Waals surface area contributed by atoms with E-state index >= 15 is 0 Å². The van der Waals surface area contributed by atoms with Gasteiger partial charge in [-0.3, -0.25) is 0 Å². The molecule has 0 N–H and O–H groups in total. The molecule has 1 rings (SSSR count). The molecule has 0 spiro atoms. The maximum absolute atomic E-state index is 5.77. The van der Waals surface area contributed by atoms with Crippen LogP contribution in [0.1, 0.15) is 5.56 Å². The molecule has 0 amide bonds. The van der Waals surface area contributed by atoms with Gasteiger partial charge in [-0.2, -0.15) is 5.10 Å². The van der Waals surface area contributed by atoms with E-state index in [0.717, 1.165) is 15.9 Å². The van der Waals surface area contributed by atoms with E-state index in [2.05, 4.69) is 47.3 Å². The minimum absolute atomic E-state index is 0.507. The van der Waals surface area contributed by atoms with Gasteiger partial charge in [0.2, 0.25) is 0 Å². The first-order chi connectivity index (χ1) is 7.42. The number of aromatic nitrogens is 2. The summed E-state index contributed by atoms with van der Waals surface area (Å²) in [5, 5.41) is 4.32. The summed E-state index contributed by atoms with van der Waals surface area (Å²) in [6.45, 7) is 8.39. The normalized spacial score (nSPS) is 12.1. The van der Waals surface area contributed by atoms with Crippen molar-refractivity contribution in [2.24, 2.45) is 0 Å². The Morgan fingerprint density at radius 3 is 2.69 bits per heavy atom. The molecule has 0 saturated carbocycles. The van der Waals surface area contributed by atoms with Crippen molar-refractivity contribution in [2.75, 3.05) is 6.61 Å². The van der Waals surface area contributed by atoms with Crippen molar-refractivity contribution in [2.45, 2.75) is 38.3 Å². The number of hydrogen-bond donors (Lipinski definition) is 0. The molecule has 0 radical (unpaired) electrons. The third-order valence-corrected chi connectivity index (χ3v) is 5.05. The Hall–Kier alpha value is 0.407. The second-order valence-corrected chi connectivity index (χ2v) is 11.9. The quantitative estimate of drug-likeness (QED) is 0.330. The summed E-state index contributed by atoms with van der Waals surface area (Å²) in [7, 11) is -0.985. The van der Waals surface area contributed by atoms with Gasteiger partial charge < -0.3 is 4.74 Å². The molecule has 1 aromatic heterocycles. The molecule has 1 heterocycles. The summed E-state index contributed by atoms with van der Waals surface area (Å²) in [4.78, 5) is 0. The lowest BCUT2D eigenvalue weighted by molar-refractivity contribution is 0.0783. The third kappa shape index (κ3) is 5.16. The lowest BCUT2D eigenvalue weighted by Gasteiger charge is -2.15. The fourth-order valence-corrected chi connectivity index (χ4v) is 2.92. The van der Waals surface area contributed by atoms with Gasteiger partial charge >= 0.3 is 0 Å². The SMILES string of the molecule is C[Si](C)(C)CCOCn1cc(CCl)c(I)n1. The van der Waals surface area contributed by atoms with Gasteiger partial charge in [-0.1, -0.05) is 19.6 Å². The van der Waals surface area contributed by atoms with E-state index in [0.29, 0.717) is 12.6 Å². The molecule has 6 heteroatoms. The van der Waals surface area contributed by atoms with Gasteiger partial charge in [0.05, 0.1) is 5.88 Å². The van der Waals surface area contributed by atoms with Crippen molar-refractivity contribution in [3.63, 3.8) is 0 Å². The summed E-state index contributed by atoms with van der Waals surface area (Å²) in [6.07, 6.45) is 1.95. The van der Waals surface area contributed by atoms with Gasteiger partial charge in [0.15, 0.2) is 0 Å². The van der Waals surface area contributed by atoms with Crippen LogP contribution in [0.5, 0.6) is 0 Å². The highest BCUT2D eigenvalue weighted by Crippen LogP contribution is 2.12. The maximum atomic E-state index is 5.77. The Morgan fingerprint density at radius 2 is 2.19 bits per heavy atom. The molecule has 0 bridgehead atoms. The number of rotatable bonds is 6. The maximum Gasteiger partial charge on any atom is 0.139 e. The molecule has 3 nitrogen and oxygen atoms in total. The highest BCUT2D eigenvalue weighted by atomic mass is 127. The van der Waals surface area contributed by atoms with E-state index in [1.165, 1.54) is 6.04 Å². The fraction of sp³-hybridized carbons (Fsp3) is 0.700. The van der Waals surface area contributed by atoms with Gasteiger partial charge in [-0.25, -0.2) is 4.68 Å². The predicted molar refractivity (Wildman–Crippen MR) is 78.6 cm³/mol. The zero-order valence-electron chi connectivity index (χ0n) is 9.96. The van der Waals surface area contributed by atoms with Crippen LogP contribution in [0.25, 0.3) is 0 Å². The molecule has 1 aromatic rings. The molecule has 0 saturated heterocycles. The van der Waals surface area contributed by atoms with Crippen molar-refractivity contribution < 1.29 is 4.74 Å². The van der Waals surface area contributed by atoms with Gasteiger partial charge in [-0.05, 0) is 28.6 Å². The van der Waals surface area contributed by atoms with Gasteiger partial charge in [-0.15, -0.1) is 11.6 Å². The second kappa shape index (κ2) is 6.37. The summed E-state index contributed by atoms with van der Waals surface area (Å²) in [5.41, 5.74) is 1.07. The Balaban J connectivity index is 2.32. The van der Waals surface area contributed by atoms with E-state index < -0.39 is 8.07 Å². The van der Waals surface area contributed by atoms with Crippen molar-refractivity contribution >= 4 is 42.3 Å². The topological polar surface area (TPSA) is 27.1 Å². The van der Waals surface area contributed by atoms with Crippen LogP contribution in [0.2, 0.25) is 25.7 Å². The van der Waals surface area contributed by atoms with Crippen LogP contribution in [0.4, 0.5) is 0 Å². The zero-order chi connectivity index (χ0) is 12.2. The summed E-state index contributed by atoms with van der Waals surface area (Å²) in [5.74, 6) is 0.507. The molecule has 0 atom stereocenters. The van der Waals surface area contributed by atoms with Crippen molar-refractivity contribution in [1.29, 1.82) is 0 Å². The van der Waals surface area contributed by atoms with Crippen LogP contribution >= 0.6 is 34.2 Å². The van der Waals surface area contributed by atoms with Crippen molar-refractivity contribution in [3.8, 4) is 0 Å². The predicted octanol–water partition coefficient (Wildman–Crippen LogP) is 3.54. The van der Waals surface area contributed by atoms with Gasteiger partial charge in [0.1, 0.15) is 10.4 Å². The third-order valence-electron chi connectivity index (χ3n) is 2.15. The molecule has 0 aliphatic heterocycles. The second-order valence-electron chi connectivity index (χ2n) is 4.97. The Bertz CT molecular complexity index is 338. The number of hydrogen-bond acceptors (Lipinski definition) is 2. The smallest absolute Gasteiger partial charge is 0.139 e. The number of halogens is 2. The van der Waals surface area contributed by atoms with Crippen LogP contribution in [0.15, 0.2) is 6.20 Å². The van der Waals surface area contributed by atoms with Crippen molar-refractivity contribution in [1.82, 2.24) is 9.78 Å². The summed E-state index contributed by atoms with van der Waals surface area (Å²) < 4.78 is 8.37. The fourth-order valence-electron chi connectivity index (χ4n) is 1.13. The first-order valence-electron chi connectivity index (χ1n) is 5.28. The highest BCUT2D eigenvalue weighted by molar-refractivity contribution is 14.1. The largest absolute Gasteiger partial charge is 0.360 e. The first-order valence-corrected chi connectivity index (χ1v) is 10.6. The highest BCUT2D eigenvalue weighted by Gasteiger charge is 2.12. The lowest BCUT2D eigenvalue weighted by atomic mass is 10.4. The number of ether oxygens (including phenoxy) is 1. The molecular weight excluding hydrogens is 355 g/mol. The average Bonchev–Trinajstić information content (AvgIpc) is 2.52. The van der Waals surface area contributed by atoms with Crippen LogP contribution in [-0.4, -0.2) is 24.5 Å². The van der Waals surface area contributed by atoms with Crippen molar-refractivity contribution in [3.05, 3.63) is 15.5 Å². The molecule has 92 valence electrons. The average molecular weight is 373 g/mol. The van der Waals surface area contributed by atoms with Crippen LogP contribution in [0, 0.1) is 3.70 Å². The zero-order valence-corrected chi connectivity index (χ0v) is 13.9. The van der Waals surface area contributed by atoms with Crippen LogP contribution in [0.3, 0.4) is 0 Å². The van der Waals surface area contributed by atoms with Crippen LogP contribution < -0.4 is 0 Å². The van der Waals surface area contributed by atoms with Gasteiger partial charge in [0, 0.05) is 26.4 Å². The minimum atomic E-state index is -0.985. The molecule has 0 fully saturated rings. The summed E-state index contributed by atoms with van der Waals surface area (Å²) in [6, 6.07) is 1.19. The summed E-state index contributed by atoms with van der Waals surface area (Å²) >= 11 is 7.96. The van der Waals surface area contributed by atoms with E-state index in [-0.39, 0.29) is 0 Å². The molecule has 16 heavy (non-hydrogen) atoms. The minimum Gasteiger partial charge on any atom is -0.360 e. The molecule has 0 unspecified atom stereocenters. The van der Waals surface area contributed by atoms with E-state index in [9.17, 15) is 0 Å². The van der Waals surface area contributed by atoms with E-state index in [1.807, 2.05) is 10.9 Å². The molecular formula is C10H18ClIN2OSi. The standard InChI is InChI=1S/C10H18ClIN2OSi/c1-16(2,3)5-4-15-8-14-7-9(6-11)10(12)13-14/h7H,4-6,8H2,1-3H3. The Kier molecular flexibility index (Phi) is 5.76. The van der Waals surface area contributed by atoms with E-state index in [1.54, 1.807) is 0 Å². The first kappa shape index (κ1) is 14.5. The lowest BCUT2D eigenvalue weighted by Crippen LogP contribution is -2.22. The molecule has 0 aromatic carbocycles. The molecule has 0 aliphatic rings. The monoisotopic (exact) mass is 372 g/mol. The van der Waals surface area contributed by atoms with Gasteiger partial charge in [0.25, 0.3) is 0 Å². The number of nitrogens with zero attached hydrogens (tertiary/aromatic N) is 2. The number of alkyl halides is 1. The Labute approximate surface area is 117 Å².